The van der Waals surface area contributed by atoms with E-state index in [1.807, 2.05) is 0 Å². The number of carbonyl (C=O) groups is 1. The first-order valence-electron chi connectivity index (χ1n) is 8.94. The van der Waals surface area contributed by atoms with Crippen LogP contribution in [0.1, 0.15) is 31.4 Å². The van der Waals surface area contributed by atoms with Gasteiger partial charge in [0.25, 0.3) is 0 Å². The Hall–Kier alpha value is -1.43. The lowest BCUT2D eigenvalue weighted by molar-refractivity contribution is -0.122. The Morgan fingerprint density at radius 2 is 2.17 bits per heavy atom. The van der Waals surface area contributed by atoms with Gasteiger partial charge in [0.2, 0.25) is 5.91 Å². The Kier molecular flexibility index (Phi) is 5.54. The van der Waals surface area contributed by atoms with E-state index < -0.39 is 0 Å². The summed E-state index contributed by atoms with van der Waals surface area (Å²) in [6, 6.07) is 8.80. The molecule has 0 unspecified atom stereocenters. The van der Waals surface area contributed by atoms with E-state index >= 15 is 0 Å². The molecule has 0 saturated carbocycles. The number of nitrogens with zero attached hydrogens (tertiary/aromatic N) is 1. The van der Waals surface area contributed by atoms with Crippen molar-refractivity contribution in [3.63, 3.8) is 0 Å². The number of hydrogen-bond donors (Lipinski definition) is 2. The second kappa shape index (κ2) is 7.64. The third-order valence-electron chi connectivity index (χ3n) is 5.14. The molecule has 0 radical (unpaired) electrons. The van der Waals surface area contributed by atoms with E-state index in [2.05, 4.69) is 53.6 Å². The molecule has 0 bridgehead atoms. The van der Waals surface area contributed by atoms with Gasteiger partial charge in [-0.2, -0.15) is 0 Å². The monoisotopic (exact) mass is 331 g/mol. The minimum absolute atomic E-state index is 0.0559. The van der Waals surface area contributed by atoms with Crippen molar-refractivity contribution in [2.45, 2.75) is 44.8 Å². The lowest BCUT2D eigenvalue weighted by atomic mass is 9.94. The first-order valence-corrected chi connectivity index (χ1v) is 8.94. The molecule has 2 N–H and O–H groups in total. The Balaban J connectivity index is 1.49. The topological polar surface area (TPSA) is 53.6 Å². The highest BCUT2D eigenvalue weighted by Crippen LogP contribution is 2.24. The van der Waals surface area contributed by atoms with Crippen LogP contribution in [0.5, 0.6) is 0 Å². The van der Waals surface area contributed by atoms with Crippen molar-refractivity contribution in [2.24, 2.45) is 0 Å². The van der Waals surface area contributed by atoms with Gasteiger partial charge in [-0.05, 0) is 31.4 Å². The van der Waals surface area contributed by atoms with Crippen LogP contribution in [0.3, 0.4) is 0 Å². The van der Waals surface area contributed by atoms with Gasteiger partial charge in [-0.15, -0.1) is 0 Å². The predicted molar refractivity (Wildman–Crippen MR) is 94.9 cm³/mol. The molecule has 132 valence electrons. The number of ether oxygens (including phenoxy) is 1. The molecule has 0 aliphatic carbocycles. The van der Waals surface area contributed by atoms with Gasteiger partial charge in [-0.1, -0.05) is 24.3 Å². The van der Waals surface area contributed by atoms with Crippen LogP contribution in [0.25, 0.3) is 0 Å². The van der Waals surface area contributed by atoms with Crippen LogP contribution >= 0.6 is 0 Å². The van der Waals surface area contributed by atoms with E-state index in [1.165, 1.54) is 11.1 Å². The van der Waals surface area contributed by atoms with Crippen molar-refractivity contribution in [1.29, 1.82) is 0 Å². The fraction of sp³-hybridized carbons (Fsp3) is 0.632. The fourth-order valence-electron chi connectivity index (χ4n) is 3.49. The van der Waals surface area contributed by atoms with Gasteiger partial charge in [0.15, 0.2) is 0 Å². The summed E-state index contributed by atoms with van der Waals surface area (Å²) in [6.07, 6.45) is 1.57. The average molecular weight is 331 g/mol. The summed E-state index contributed by atoms with van der Waals surface area (Å²) < 4.78 is 5.41. The molecule has 1 fully saturated rings. The highest BCUT2D eigenvalue weighted by atomic mass is 16.5. The number of morpholine rings is 1. The molecule has 5 heteroatoms. The third kappa shape index (κ3) is 4.35. The molecule has 0 aromatic heterocycles. The van der Waals surface area contributed by atoms with Crippen LogP contribution in [0.4, 0.5) is 0 Å². The summed E-state index contributed by atoms with van der Waals surface area (Å²) in [6.45, 7) is 9.28. The minimum Gasteiger partial charge on any atom is -0.378 e. The van der Waals surface area contributed by atoms with E-state index in [9.17, 15) is 4.79 Å². The predicted octanol–water partition coefficient (Wildman–Crippen LogP) is 1.32. The van der Waals surface area contributed by atoms with Gasteiger partial charge in [0.05, 0.1) is 13.2 Å². The second-order valence-corrected chi connectivity index (χ2v) is 7.46. The zero-order valence-electron chi connectivity index (χ0n) is 14.8. The van der Waals surface area contributed by atoms with Crippen LogP contribution in [-0.4, -0.2) is 55.2 Å². The van der Waals surface area contributed by atoms with Gasteiger partial charge in [0.1, 0.15) is 0 Å². The Morgan fingerprint density at radius 3 is 2.92 bits per heavy atom. The molecule has 1 aromatic carbocycles. The summed E-state index contributed by atoms with van der Waals surface area (Å²) in [5.41, 5.74) is 2.81. The summed E-state index contributed by atoms with van der Waals surface area (Å²) in [7, 11) is 0. The number of nitrogens with one attached hydrogen (secondary N) is 2. The lowest BCUT2D eigenvalue weighted by Crippen LogP contribution is -2.53. The number of benzene rings is 1. The fourth-order valence-corrected chi connectivity index (χ4v) is 3.49. The molecular weight excluding hydrogens is 302 g/mol. The number of rotatable bonds is 5. The molecule has 1 aromatic rings. The Morgan fingerprint density at radius 1 is 1.38 bits per heavy atom. The smallest absolute Gasteiger partial charge is 0.221 e. The molecule has 2 aliphatic heterocycles. The molecule has 1 atom stereocenters. The minimum atomic E-state index is -0.0559. The van der Waals surface area contributed by atoms with Crippen LogP contribution < -0.4 is 10.6 Å². The highest BCUT2D eigenvalue weighted by molar-refractivity contribution is 5.76. The molecule has 3 rings (SSSR count). The van der Waals surface area contributed by atoms with E-state index in [1.54, 1.807) is 0 Å². The third-order valence-corrected chi connectivity index (χ3v) is 5.14. The van der Waals surface area contributed by atoms with Crippen molar-refractivity contribution in [3.8, 4) is 0 Å². The molecule has 0 spiro atoms. The number of carbonyl (C=O) groups excluding carboxylic acids is 1. The zero-order chi connectivity index (χ0) is 17.0. The van der Waals surface area contributed by atoms with Crippen LogP contribution in [-0.2, 0) is 22.5 Å². The number of fused-ring (bicyclic) bond motifs is 1. The first kappa shape index (κ1) is 17.4. The Labute approximate surface area is 144 Å². The zero-order valence-corrected chi connectivity index (χ0v) is 14.8. The van der Waals surface area contributed by atoms with Gasteiger partial charge in [-0.25, -0.2) is 0 Å². The van der Waals surface area contributed by atoms with Gasteiger partial charge < -0.3 is 15.4 Å². The maximum atomic E-state index is 12.2. The summed E-state index contributed by atoms with van der Waals surface area (Å²) >= 11 is 0. The van der Waals surface area contributed by atoms with E-state index in [-0.39, 0.29) is 17.5 Å². The van der Waals surface area contributed by atoms with Crippen LogP contribution in [0, 0.1) is 0 Å². The van der Waals surface area contributed by atoms with E-state index in [0.29, 0.717) is 19.6 Å². The summed E-state index contributed by atoms with van der Waals surface area (Å²) in [4.78, 5) is 14.7. The van der Waals surface area contributed by atoms with Gasteiger partial charge >= 0.3 is 0 Å². The van der Waals surface area contributed by atoms with E-state index in [0.717, 1.165) is 32.7 Å². The van der Waals surface area contributed by atoms with Crippen molar-refractivity contribution in [3.05, 3.63) is 35.4 Å². The molecular formula is C19H29N3O2. The standard InChI is InChI=1S/C19H29N3O2/c1-19(2,14-21-18(23)11-17-13-24-10-8-20-17)22-9-7-15-5-3-4-6-16(15)12-22/h3-6,17,20H,7-14H2,1-2H3,(H,21,23)/t17-/m1/s1. The summed E-state index contributed by atoms with van der Waals surface area (Å²) in [5.74, 6) is 0.100. The molecule has 2 aliphatic rings. The molecule has 5 nitrogen and oxygen atoms in total. The van der Waals surface area contributed by atoms with Crippen molar-refractivity contribution in [2.75, 3.05) is 32.8 Å². The highest BCUT2D eigenvalue weighted by Gasteiger charge is 2.30. The van der Waals surface area contributed by atoms with Crippen LogP contribution in [0.2, 0.25) is 0 Å². The molecule has 24 heavy (non-hydrogen) atoms. The quantitative estimate of drug-likeness (QED) is 0.854. The molecule has 1 amide bonds. The average Bonchev–Trinajstić information content (AvgIpc) is 2.60. The molecule has 1 saturated heterocycles. The van der Waals surface area contributed by atoms with E-state index in [4.69, 9.17) is 4.74 Å². The maximum Gasteiger partial charge on any atom is 0.221 e. The van der Waals surface area contributed by atoms with Crippen molar-refractivity contribution >= 4 is 5.91 Å². The Bertz CT molecular complexity index is 567. The van der Waals surface area contributed by atoms with Crippen molar-refractivity contribution in [1.82, 2.24) is 15.5 Å². The van der Waals surface area contributed by atoms with Crippen LogP contribution in [0.15, 0.2) is 24.3 Å². The van der Waals surface area contributed by atoms with Gasteiger partial charge in [-0.3, -0.25) is 9.69 Å². The SMILES string of the molecule is CC(C)(CNC(=O)C[C@@H]1COCCN1)N1CCc2ccccc2C1. The number of amides is 1. The largest absolute Gasteiger partial charge is 0.378 e. The summed E-state index contributed by atoms with van der Waals surface area (Å²) in [5, 5.41) is 6.44. The van der Waals surface area contributed by atoms with Crippen molar-refractivity contribution < 1.29 is 9.53 Å². The second-order valence-electron chi connectivity index (χ2n) is 7.46. The van der Waals surface area contributed by atoms with Gasteiger partial charge in [0, 0.05) is 44.2 Å². The first-order chi connectivity index (χ1) is 11.5. The maximum absolute atomic E-state index is 12.2. The normalized spacial score (nSPS) is 22.0. The molecule has 2 heterocycles. The number of hydrogen-bond acceptors (Lipinski definition) is 4. The lowest BCUT2D eigenvalue weighted by Gasteiger charge is -2.41.